The third-order valence-corrected chi connectivity index (χ3v) is 5.16. The van der Waals surface area contributed by atoms with Gasteiger partial charge in [-0.05, 0) is 68.2 Å². The van der Waals surface area contributed by atoms with Crippen molar-refractivity contribution in [3.63, 3.8) is 0 Å². The molecular formula is C21H27N3O4S. The zero-order chi connectivity index (χ0) is 21.4. The van der Waals surface area contributed by atoms with Gasteiger partial charge in [0.15, 0.2) is 0 Å². The Morgan fingerprint density at radius 1 is 1.21 bits per heavy atom. The lowest BCUT2D eigenvalue weighted by molar-refractivity contribution is -0.123. The van der Waals surface area contributed by atoms with Gasteiger partial charge in [0.25, 0.3) is 11.5 Å². The number of methoxy groups -OCH3 is 1. The van der Waals surface area contributed by atoms with Crippen molar-refractivity contribution < 1.29 is 14.3 Å². The number of carbonyl (C=O) groups excluding carboxylic acids is 2. The molecule has 8 heteroatoms. The van der Waals surface area contributed by atoms with E-state index in [0.29, 0.717) is 29.1 Å². The van der Waals surface area contributed by atoms with E-state index in [-0.39, 0.29) is 23.9 Å². The molecule has 1 aromatic carbocycles. The third-order valence-electron chi connectivity index (χ3n) is 4.52. The van der Waals surface area contributed by atoms with E-state index < -0.39 is 6.04 Å². The number of aromatic amines is 1. The monoisotopic (exact) mass is 417 g/mol. The van der Waals surface area contributed by atoms with E-state index in [1.54, 1.807) is 43.1 Å². The minimum Gasteiger partial charge on any atom is -0.497 e. The van der Waals surface area contributed by atoms with Crippen molar-refractivity contribution >= 4 is 23.6 Å². The standard InChI is InChI=1S/C21H27N3O4S/c1-13-11-14(2)23-20(26)17(13)12-22-21(27)18(9-10-29-4)24-19(25)15-5-7-16(28-3)8-6-15/h5-8,11,18H,9-10,12H2,1-4H3,(H,22,27)(H,23,26)(H,24,25)/t18-/m0/s1. The lowest BCUT2D eigenvalue weighted by Gasteiger charge is -2.18. The molecule has 0 aliphatic carbocycles. The van der Waals surface area contributed by atoms with Gasteiger partial charge in [-0.15, -0.1) is 0 Å². The molecule has 0 bridgehead atoms. The molecule has 3 N–H and O–H groups in total. The van der Waals surface area contributed by atoms with E-state index in [1.807, 2.05) is 26.2 Å². The Kier molecular flexibility index (Phi) is 8.33. The highest BCUT2D eigenvalue weighted by Gasteiger charge is 2.21. The lowest BCUT2D eigenvalue weighted by atomic mass is 10.1. The molecular weight excluding hydrogens is 390 g/mol. The number of benzene rings is 1. The first-order valence-corrected chi connectivity index (χ1v) is 10.7. The van der Waals surface area contributed by atoms with Crippen LogP contribution in [0.3, 0.4) is 0 Å². The van der Waals surface area contributed by atoms with Gasteiger partial charge in [0.1, 0.15) is 11.8 Å². The predicted octanol–water partition coefficient (Wildman–Crippen LogP) is 2.17. The number of nitrogens with one attached hydrogen (secondary N) is 3. The third kappa shape index (κ3) is 6.39. The zero-order valence-corrected chi connectivity index (χ0v) is 17.9. The molecule has 2 amide bonds. The van der Waals surface area contributed by atoms with Gasteiger partial charge in [-0.25, -0.2) is 0 Å². The first kappa shape index (κ1) is 22.5. The minimum absolute atomic E-state index is 0.106. The Morgan fingerprint density at radius 2 is 1.90 bits per heavy atom. The van der Waals surface area contributed by atoms with Crippen LogP contribution in [0.4, 0.5) is 0 Å². The molecule has 0 fully saturated rings. The molecule has 1 heterocycles. The van der Waals surface area contributed by atoms with Crippen molar-refractivity contribution in [1.82, 2.24) is 15.6 Å². The molecule has 1 atom stereocenters. The van der Waals surface area contributed by atoms with Crippen LogP contribution in [0.25, 0.3) is 0 Å². The molecule has 0 saturated carbocycles. The fourth-order valence-corrected chi connectivity index (χ4v) is 3.36. The van der Waals surface area contributed by atoms with Gasteiger partial charge >= 0.3 is 0 Å². The van der Waals surface area contributed by atoms with Crippen molar-refractivity contribution in [2.75, 3.05) is 19.1 Å². The van der Waals surface area contributed by atoms with Crippen molar-refractivity contribution in [2.45, 2.75) is 32.9 Å². The maximum absolute atomic E-state index is 12.7. The number of carbonyl (C=O) groups is 2. The van der Waals surface area contributed by atoms with Crippen molar-refractivity contribution in [3.8, 4) is 5.75 Å². The second-order valence-electron chi connectivity index (χ2n) is 6.70. The molecule has 0 aliphatic heterocycles. The van der Waals surface area contributed by atoms with E-state index >= 15 is 0 Å². The second-order valence-corrected chi connectivity index (χ2v) is 7.68. The molecule has 2 aromatic rings. The molecule has 156 valence electrons. The van der Waals surface area contributed by atoms with Crippen LogP contribution >= 0.6 is 11.8 Å². The minimum atomic E-state index is -0.693. The smallest absolute Gasteiger partial charge is 0.253 e. The summed E-state index contributed by atoms with van der Waals surface area (Å²) in [6.45, 7) is 3.75. The van der Waals surface area contributed by atoms with Crippen molar-refractivity contribution in [3.05, 3.63) is 63.1 Å². The number of thioether (sulfide) groups is 1. The summed E-state index contributed by atoms with van der Waals surface area (Å²) in [6.07, 6.45) is 2.42. The van der Waals surface area contributed by atoms with E-state index in [2.05, 4.69) is 15.6 Å². The van der Waals surface area contributed by atoms with Crippen molar-refractivity contribution in [2.24, 2.45) is 0 Å². The molecule has 0 saturated heterocycles. The summed E-state index contributed by atoms with van der Waals surface area (Å²) < 4.78 is 5.10. The van der Waals surface area contributed by atoms with Gasteiger partial charge in [0, 0.05) is 23.4 Å². The number of hydrogen-bond acceptors (Lipinski definition) is 5. The summed E-state index contributed by atoms with van der Waals surface area (Å²) in [6, 6.07) is 7.85. The first-order chi connectivity index (χ1) is 13.8. The highest BCUT2D eigenvalue weighted by molar-refractivity contribution is 7.98. The van der Waals surface area contributed by atoms with Gasteiger partial charge in [-0.1, -0.05) is 0 Å². The lowest BCUT2D eigenvalue weighted by Crippen LogP contribution is -2.47. The van der Waals surface area contributed by atoms with Crippen LogP contribution in [-0.2, 0) is 11.3 Å². The number of amides is 2. The topological polar surface area (TPSA) is 100 Å². The Balaban J connectivity index is 2.07. The Bertz CT molecular complexity index is 909. The maximum Gasteiger partial charge on any atom is 0.253 e. The highest BCUT2D eigenvalue weighted by Crippen LogP contribution is 2.12. The number of aromatic nitrogens is 1. The normalized spacial score (nSPS) is 11.6. The van der Waals surface area contributed by atoms with Crippen LogP contribution in [0.5, 0.6) is 5.75 Å². The van der Waals surface area contributed by atoms with Crippen LogP contribution in [-0.4, -0.2) is 42.0 Å². The van der Waals surface area contributed by atoms with Crippen molar-refractivity contribution in [1.29, 1.82) is 0 Å². The van der Waals surface area contributed by atoms with Gasteiger partial charge in [-0.2, -0.15) is 11.8 Å². The Hall–Kier alpha value is -2.74. The van der Waals surface area contributed by atoms with Crippen LogP contribution in [0.2, 0.25) is 0 Å². The average Bonchev–Trinajstić information content (AvgIpc) is 2.70. The summed E-state index contributed by atoms with van der Waals surface area (Å²) in [7, 11) is 1.55. The van der Waals surface area contributed by atoms with Crippen LogP contribution < -0.4 is 20.9 Å². The van der Waals surface area contributed by atoms with Gasteiger partial charge in [0.2, 0.25) is 5.91 Å². The molecule has 7 nitrogen and oxygen atoms in total. The predicted molar refractivity (Wildman–Crippen MR) is 116 cm³/mol. The molecule has 2 rings (SSSR count). The van der Waals surface area contributed by atoms with Gasteiger partial charge < -0.3 is 20.4 Å². The molecule has 0 radical (unpaired) electrons. The van der Waals surface area contributed by atoms with E-state index in [9.17, 15) is 14.4 Å². The molecule has 0 spiro atoms. The number of H-pyrrole nitrogens is 1. The zero-order valence-electron chi connectivity index (χ0n) is 17.1. The molecule has 1 aromatic heterocycles. The molecule has 0 aliphatic rings. The van der Waals surface area contributed by atoms with Crippen LogP contribution in [0.1, 0.15) is 33.6 Å². The van der Waals surface area contributed by atoms with Crippen LogP contribution in [0.15, 0.2) is 35.1 Å². The fourth-order valence-electron chi connectivity index (χ4n) is 2.89. The Labute approximate surface area is 174 Å². The number of pyridine rings is 1. The summed E-state index contributed by atoms with van der Waals surface area (Å²) in [5, 5.41) is 5.57. The second kappa shape index (κ2) is 10.7. The van der Waals surface area contributed by atoms with E-state index in [0.717, 1.165) is 11.3 Å². The van der Waals surface area contributed by atoms with E-state index in [4.69, 9.17) is 4.74 Å². The quantitative estimate of drug-likeness (QED) is 0.581. The van der Waals surface area contributed by atoms with Gasteiger partial charge in [-0.3, -0.25) is 14.4 Å². The molecule has 29 heavy (non-hydrogen) atoms. The molecule has 0 unspecified atom stereocenters. The largest absolute Gasteiger partial charge is 0.497 e. The Morgan fingerprint density at radius 3 is 2.48 bits per heavy atom. The first-order valence-electron chi connectivity index (χ1n) is 9.26. The van der Waals surface area contributed by atoms with E-state index in [1.165, 1.54) is 0 Å². The summed E-state index contributed by atoms with van der Waals surface area (Å²) in [4.78, 5) is 40.1. The number of hydrogen-bond donors (Lipinski definition) is 3. The number of aryl methyl sites for hydroxylation is 2. The van der Waals surface area contributed by atoms with Gasteiger partial charge in [0.05, 0.1) is 7.11 Å². The SMILES string of the molecule is COc1ccc(C(=O)N[C@@H](CCSC)C(=O)NCc2c(C)cc(C)[nH]c2=O)cc1. The van der Waals surface area contributed by atoms with Crippen LogP contribution in [0, 0.1) is 13.8 Å². The number of ether oxygens (including phenoxy) is 1. The number of rotatable bonds is 9. The summed E-state index contributed by atoms with van der Waals surface area (Å²) in [5.41, 5.74) is 2.32. The summed E-state index contributed by atoms with van der Waals surface area (Å²) >= 11 is 1.59. The fraction of sp³-hybridized carbons (Fsp3) is 0.381. The highest BCUT2D eigenvalue weighted by atomic mass is 32.2. The average molecular weight is 418 g/mol. The summed E-state index contributed by atoms with van der Waals surface area (Å²) in [5.74, 6) is 0.709. The maximum atomic E-state index is 12.7.